The summed E-state index contributed by atoms with van der Waals surface area (Å²) in [6.45, 7) is 0. The molecule has 1 aromatic heterocycles. The van der Waals surface area contributed by atoms with Crippen molar-refractivity contribution in [1.29, 1.82) is 0 Å². The fourth-order valence-electron chi connectivity index (χ4n) is 2.11. The number of nitrogens with zero attached hydrogens (tertiary/aromatic N) is 2. The van der Waals surface area contributed by atoms with E-state index < -0.39 is 0 Å². The predicted molar refractivity (Wildman–Crippen MR) is 101 cm³/mol. The lowest BCUT2D eigenvalue weighted by Crippen LogP contribution is -2.14. The van der Waals surface area contributed by atoms with Gasteiger partial charge in [0.2, 0.25) is 11.1 Å². The number of methoxy groups -OCH3 is 1. The minimum atomic E-state index is -0.302. The van der Waals surface area contributed by atoms with E-state index in [0.717, 1.165) is 11.3 Å². The lowest BCUT2D eigenvalue weighted by molar-refractivity contribution is -0.113. The first-order valence-electron chi connectivity index (χ1n) is 7.53. The van der Waals surface area contributed by atoms with Crippen LogP contribution >= 0.6 is 23.4 Å². The van der Waals surface area contributed by atoms with Crippen LogP contribution in [0.2, 0.25) is 5.02 Å². The summed E-state index contributed by atoms with van der Waals surface area (Å²) in [5, 5.41) is 20.1. The van der Waals surface area contributed by atoms with Crippen LogP contribution in [0.15, 0.2) is 47.6 Å². The molecular weight excluding hydrogens is 376 g/mol. The van der Waals surface area contributed by atoms with E-state index in [1.165, 1.54) is 30.0 Å². The number of halogens is 1. The number of hydrogen-bond acceptors (Lipinski definition) is 6. The Balaban J connectivity index is 1.58. The zero-order chi connectivity index (χ0) is 18.5. The monoisotopic (exact) mass is 390 g/mol. The van der Waals surface area contributed by atoms with E-state index in [9.17, 15) is 9.90 Å². The number of rotatable bonds is 6. The summed E-state index contributed by atoms with van der Waals surface area (Å²) in [7, 11) is 1.60. The van der Waals surface area contributed by atoms with Gasteiger partial charge in [0.25, 0.3) is 0 Å². The number of aromatic hydroxyl groups is 1. The molecular formula is C17H15ClN4O3S. The number of aromatic amines is 1. The quantitative estimate of drug-likeness (QED) is 0.439. The molecule has 1 amide bonds. The van der Waals surface area contributed by atoms with E-state index >= 15 is 0 Å². The molecule has 2 aromatic carbocycles. The number of hydrogen-bond donors (Lipinski definition) is 3. The highest BCUT2D eigenvalue weighted by Gasteiger charge is 2.11. The number of nitrogens with one attached hydrogen (secondary N) is 2. The topological polar surface area (TPSA) is 100 Å². The van der Waals surface area contributed by atoms with Crippen LogP contribution in [-0.4, -0.2) is 39.1 Å². The molecule has 7 nitrogen and oxygen atoms in total. The molecule has 134 valence electrons. The molecule has 0 saturated heterocycles. The van der Waals surface area contributed by atoms with Crippen LogP contribution in [0.25, 0.3) is 11.4 Å². The SMILES string of the molecule is COc1ccc(-c2nc(SCC(=O)Nc3cc(Cl)ccc3O)n[nH]2)cc1. The normalized spacial score (nSPS) is 10.5. The van der Waals surface area contributed by atoms with Crippen LogP contribution in [0, 0.1) is 0 Å². The molecule has 3 N–H and O–H groups in total. The standard InChI is InChI=1S/C17H15ClN4O3S/c1-25-12-5-2-10(3-6-12)16-20-17(22-21-16)26-9-15(24)19-13-8-11(18)4-7-14(13)23/h2-8,23H,9H2,1H3,(H,19,24)(H,20,21,22). The van der Waals surface area contributed by atoms with Crippen LogP contribution in [-0.2, 0) is 4.79 Å². The molecule has 0 spiro atoms. The third-order valence-electron chi connectivity index (χ3n) is 3.39. The Bertz CT molecular complexity index is 915. The third-order valence-corrected chi connectivity index (χ3v) is 4.48. The first-order chi connectivity index (χ1) is 12.5. The molecule has 0 radical (unpaired) electrons. The van der Waals surface area contributed by atoms with Crippen LogP contribution in [0.3, 0.4) is 0 Å². The summed E-state index contributed by atoms with van der Waals surface area (Å²) in [5.41, 5.74) is 1.12. The fraction of sp³-hybridized carbons (Fsp3) is 0.118. The van der Waals surface area contributed by atoms with Crippen molar-refractivity contribution in [3.8, 4) is 22.9 Å². The molecule has 0 aliphatic carbocycles. The molecule has 3 aromatic rings. The third kappa shape index (κ3) is 4.47. The number of carbonyl (C=O) groups excluding carboxylic acids is 1. The van der Waals surface area contributed by atoms with Gasteiger partial charge in [0.05, 0.1) is 18.6 Å². The Morgan fingerprint density at radius 2 is 2.08 bits per heavy atom. The summed E-state index contributed by atoms with van der Waals surface area (Å²) in [6, 6.07) is 11.8. The van der Waals surface area contributed by atoms with E-state index in [1.807, 2.05) is 24.3 Å². The number of benzene rings is 2. The number of H-pyrrole nitrogens is 1. The lowest BCUT2D eigenvalue weighted by atomic mass is 10.2. The molecule has 1 heterocycles. The fourth-order valence-corrected chi connectivity index (χ4v) is 2.88. The summed E-state index contributed by atoms with van der Waals surface area (Å²) >= 11 is 7.03. The first kappa shape index (κ1) is 18.1. The highest BCUT2D eigenvalue weighted by Crippen LogP contribution is 2.27. The van der Waals surface area contributed by atoms with Crippen molar-refractivity contribution < 1.29 is 14.6 Å². The molecule has 0 atom stereocenters. The molecule has 0 fully saturated rings. The Labute approximate surface area is 158 Å². The first-order valence-corrected chi connectivity index (χ1v) is 8.89. The molecule has 26 heavy (non-hydrogen) atoms. The van der Waals surface area contributed by atoms with Crippen molar-refractivity contribution in [2.24, 2.45) is 0 Å². The van der Waals surface area contributed by atoms with Gasteiger partial charge >= 0.3 is 0 Å². The van der Waals surface area contributed by atoms with E-state index in [0.29, 0.717) is 16.0 Å². The molecule has 3 rings (SSSR count). The van der Waals surface area contributed by atoms with Crippen LogP contribution in [0.4, 0.5) is 5.69 Å². The summed E-state index contributed by atoms with van der Waals surface area (Å²) in [4.78, 5) is 16.4. The zero-order valence-corrected chi connectivity index (χ0v) is 15.3. The van der Waals surface area contributed by atoms with Crippen molar-refractivity contribution >= 4 is 35.0 Å². The van der Waals surface area contributed by atoms with Crippen LogP contribution in [0.1, 0.15) is 0 Å². The maximum atomic E-state index is 12.0. The second-order valence-corrected chi connectivity index (χ2v) is 6.57. The molecule has 0 aliphatic rings. The van der Waals surface area contributed by atoms with Gasteiger partial charge in [0, 0.05) is 10.6 Å². The number of ether oxygens (including phenoxy) is 1. The average molecular weight is 391 g/mol. The predicted octanol–water partition coefficient (Wildman–Crippen LogP) is 3.57. The maximum absolute atomic E-state index is 12.0. The van der Waals surface area contributed by atoms with Crippen molar-refractivity contribution in [3.63, 3.8) is 0 Å². The second-order valence-electron chi connectivity index (χ2n) is 5.19. The molecule has 9 heteroatoms. The van der Waals surface area contributed by atoms with Gasteiger partial charge in [-0.2, -0.15) is 0 Å². The lowest BCUT2D eigenvalue weighted by Gasteiger charge is -2.06. The number of carbonyl (C=O) groups is 1. The summed E-state index contributed by atoms with van der Waals surface area (Å²) in [5.74, 6) is 1.09. The molecule has 0 saturated carbocycles. The second kappa shape index (κ2) is 8.11. The van der Waals surface area contributed by atoms with E-state index in [1.54, 1.807) is 7.11 Å². The van der Waals surface area contributed by atoms with Crippen molar-refractivity contribution in [1.82, 2.24) is 15.2 Å². The molecule has 0 bridgehead atoms. The molecule has 0 aliphatic heterocycles. The van der Waals surface area contributed by atoms with Gasteiger partial charge in [-0.1, -0.05) is 23.4 Å². The number of thioether (sulfide) groups is 1. The van der Waals surface area contributed by atoms with Gasteiger partial charge < -0.3 is 15.2 Å². The summed E-state index contributed by atoms with van der Waals surface area (Å²) < 4.78 is 5.12. The highest BCUT2D eigenvalue weighted by molar-refractivity contribution is 7.99. The van der Waals surface area contributed by atoms with Gasteiger partial charge in [-0.3, -0.25) is 9.89 Å². The minimum absolute atomic E-state index is 0.0487. The number of phenols is 1. The van der Waals surface area contributed by atoms with Gasteiger partial charge in [0.15, 0.2) is 5.82 Å². The smallest absolute Gasteiger partial charge is 0.234 e. The van der Waals surface area contributed by atoms with Crippen molar-refractivity contribution in [2.75, 3.05) is 18.2 Å². The Morgan fingerprint density at radius 3 is 2.81 bits per heavy atom. The largest absolute Gasteiger partial charge is 0.506 e. The van der Waals surface area contributed by atoms with E-state index in [4.69, 9.17) is 16.3 Å². The number of anilines is 1. The Morgan fingerprint density at radius 1 is 1.31 bits per heavy atom. The van der Waals surface area contributed by atoms with Crippen LogP contribution < -0.4 is 10.1 Å². The van der Waals surface area contributed by atoms with Gasteiger partial charge in [0.1, 0.15) is 11.5 Å². The van der Waals surface area contributed by atoms with Gasteiger partial charge in [-0.25, -0.2) is 4.98 Å². The number of aromatic nitrogens is 3. The Kier molecular flexibility index (Phi) is 5.65. The maximum Gasteiger partial charge on any atom is 0.234 e. The van der Waals surface area contributed by atoms with Crippen molar-refractivity contribution in [2.45, 2.75) is 5.16 Å². The molecule has 0 unspecified atom stereocenters. The van der Waals surface area contributed by atoms with E-state index in [-0.39, 0.29) is 23.1 Å². The van der Waals surface area contributed by atoms with Crippen LogP contribution in [0.5, 0.6) is 11.5 Å². The van der Waals surface area contributed by atoms with Crippen molar-refractivity contribution in [3.05, 3.63) is 47.5 Å². The van der Waals surface area contributed by atoms with Gasteiger partial charge in [-0.05, 0) is 42.5 Å². The minimum Gasteiger partial charge on any atom is -0.506 e. The highest BCUT2D eigenvalue weighted by atomic mass is 35.5. The van der Waals surface area contributed by atoms with Gasteiger partial charge in [-0.15, -0.1) is 5.10 Å². The number of phenolic OH excluding ortho intramolecular Hbond substituents is 1. The van der Waals surface area contributed by atoms with E-state index in [2.05, 4.69) is 20.5 Å². The average Bonchev–Trinajstić information content (AvgIpc) is 3.12. The Hall–Kier alpha value is -2.71. The number of amides is 1. The zero-order valence-electron chi connectivity index (χ0n) is 13.7. The summed E-state index contributed by atoms with van der Waals surface area (Å²) in [6.07, 6.45) is 0.